The molecule has 1 amide bonds. The Kier molecular flexibility index (Phi) is 4.79. The molecule has 0 saturated carbocycles. The van der Waals surface area contributed by atoms with Gasteiger partial charge in [-0.05, 0) is 53.6 Å². The number of piperazine rings is 1. The van der Waals surface area contributed by atoms with E-state index in [1.165, 1.54) is 26.9 Å². The van der Waals surface area contributed by atoms with E-state index in [0.29, 0.717) is 6.42 Å². The van der Waals surface area contributed by atoms with Crippen LogP contribution in [-0.4, -0.2) is 43.5 Å². The second-order valence-electron chi connectivity index (χ2n) is 7.73. The largest absolute Gasteiger partial charge is 0.368 e. The second-order valence-corrected chi connectivity index (χ2v) is 8.68. The molecule has 0 aliphatic carbocycles. The standard InChI is InChI=1S/C23H25N3OS/c27-23-7-6-18-5-4-17(16-20(18)24-23)8-10-25-11-13-26(14-12-25)21-2-1-3-22-19(21)9-15-28-22/h1-5,9,15-16H,6-8,10-14H2,(H,24,27). The van der Waals surface area contributed by atoms with E-state index >= 15 is 0 Å². The van der Waals surface area contributed by atoms with Gasteiger partial charge >= 0.3 is 0 Å². The molecule has 0 atom stereocenters. The molecule has 5 rings (SSSR count). The summed E-state index contributed by atoms with van der Waals surface area (Å²) in [6.45, 7) is 5.43. The van der Waals surface area contributed by atoms with E-state index < -0.39 is 0 Å². The van der Waals surface area contributed by atoms with Crippen molar-refractivity contribution in [1.82, 2.24) is 4.90 Å². The monoisotopic (exact) mass is 391 g/mol. The molecule has 3 heterocycles. The number of thiophene rings is 1. The summed E-state index contributed by atoms with van der Waals surface area (Å²) in [5.74, 6) is 0.140. The molecule has 144 valence electrons. The van der Waals surface area contributed by atoms with Gasteiger partial charge in [-0.3, -0.25) is 9.69 Å². The first-order valence-corrected chi connectivity index (χ1v) is 11.0. The van der Waals surface area contributed by atoms with Crippen molar-refractivity contribution in [3.63, 3.8) is 0 Å². The first kappa shape index (κ1) is 17.7. The number of nitrogens with one attached hydrogen (secondary N) is 1. The van der Waals surface area contributed by atoms with Gasteiger partial charge in [-0.15, -0.1) is 11.3 Å². The molecule has 0 unspecified atom stereocenters. The van der Waals surface area contributed by atoms with Crippen LogP contribution in [0.25, 0.3) is 10.1 Å². The number of fused-ring (bicyclic) bond motifs is 2. The number of hydrogen-bond acceptors (Lipinski definition) is 4. The van der Waals surface area contributed by atoms with E-state index in [2.05, 4.69) is 63.0 Å². The molecule has 28 heavy (non-hydrogen) atoms. The third kappa shape index (κ3) is 3.52. The van der Waals surface area contributed by atoms with Crippen LogP contribution in [0.1, 0.15) is 17.5 Å². The zero-order chi connectivity index (χ0) is 18.9. The van der Waals surface area contributed by atoms with Crippen LogP contribution in [0, 0.1) is 0 Å². The number of rotatable bonds is 4. The molecule has 0 spiro atoms. The fraction of sp³-hybridized carbons (Fsp3) is 0.348. The van der Waals surface area contributed by atoms with Gasteiger partial charge in [0.2, 0.25) is 5.91 Å². The zero-order valence-electron chi connectivity index (χ0n) is 16.0. The average molecular weight is 392 g/mol. The number of nitrogens with zero attached hydrogens (tertiary/aromatic N) is 2. The third-order valence-electron chi connectivity index (χ3n) is 5.97. The lowest BCUT2D eigenvalue weighted by atomic mass is 9.99. The SMILES string of the molecule is O=C1CCc2ccc(CCN3CCN(c4cccc5sccc45)CC3)cc2N1. The van der Waals surface area contributed by atoms with Crippen molar-refractivity contribution < 1.29 is 4.79 Å². The van der Waals surface area contributed by atoms with E-state index in [4.69, 9.17) is 0 Å². The Morgan fingerprint density at radius 1 is 1.00 bits per heavy atom. The summed E-state index contributed by atoms with van der Waals surface area (Å²) in [5.41, 5.74) is 4.97. The number of hydrogen-bond donors (Lipinski definition) is 1. The molecule has 1 aromatic heterocycles. The average Bonchev–Trinajstić information content (AvgIpc) is 3.21. The van der Waals surface area contributed by atoms with Crippen molar-refractivity contribution in [3.05, 3.63) is 59.0 Å². The van der Waals surface area contributed by atoms with Gasteiger partial charge in [0.15, 0.2) is 0 Å². The summed E-state index contributed by atoms with van der Waals surface area (Å²) in [6, 6.07) is 15.5. The van der Waals surface area contributed by atoms with Gasteiger partial charge in [0.25, 0.3) is 0 Å². The van der Waals surface area contributed by atoms with Gasteiger partial charge in [-0.25, -0.2) is 0 Å². The second kappa shape index (κ2) is 7.57. The molecule has 0 bridgehead atoms. The highest BCUT2D eigenvalue weighted by molar-refractivity contribution is 7.17. The quantitative estimate of drug-likeness (QED) is 0.726. The fourth-order valence-electron chi connectivity index (χ4n) is 4.33. The fourth-order valence-corrected chi connectivity index (χ4v) is 5.14. The van der Waals surface area contributed by atoms with Crippen LogP contribution in [0.2, 0.25) is 0 Å². The molecule has 1 fully saturated rings. The smallest absolute Gasteiger partial charge is 0.224 e. The van der Waals surface area contributed by atoms with Crippen LogP contribution in [0.3, 0.4) is 0 Å². The Hall–Kier alpha value is -2.37. The van der Waals surface area contributed by atoms with Gasteiger partial charge in [0, 0.05) is 60.6 Å². The predicted octanol–water partition coefficient (Wildman–Crippen LogP) is 4.15. The Labute approximate surface area is 169 Å². The number of aryl methyl sites for hydroxylation is 1. The van der Waals surface area contributed by atoms with Crippen LogP contribution in [-0.2, 0) is 17.6 Å². The molecule has 1 saturated heterocycles. The van der Waals surface area contributed by atoms with Gasteiger partial charge < -0.3 is 10.2 Å². The molecular weight excluding hydrogens is 366 g/mol. The molecule has 0 radical (unpaired) electrons. The van der Waals surface area contributed by atoms with Crippen LogP contribution in [0.5, 0.6) is 0 Å². The van der Waals surface area contributed by atoms with Gasteiger partial charge in [-0.2, -0.15) is 0 Å². The van der Waals surface area contributed by atoms with E-state index in [1.807, 2.05) is 11.3 Å². The van der Waals surface area contributed by atoms with Crippen molar-refractivity contribution >= 4 is 38.7 Å². The number of amides is 1. The lowest BCUT2D eigenvalue weighted by molar-refractivity contribution is -0.116. The molecule has 2 aliphatic heterocycles. The number of anilines is 2. The predicted molar refractivity (Wildman–Crippen MR) is 118 cm³/mol. The first-order chi connectivity index (χ1) is 13.8. The Morgan fingerprint density at radius 2 is 1.89 bits per heavy atom. The van der Waals surface area contributed by atoms with Crippen molar-refractivity contribution in [3.8, 4) is 0 Å². The summed E-state index contributed by atoms with van der Waals surface area (Å²) in [6.07, 6.45) is 2.50. The number of carbonyl (C=O) groups is 1. The first-order valence-electron chi connectivity index (χ1n) is 10.1. The zero-order valence-corrected chi connectivity index (χ0v) is 16.8. The van der Waals surface area contributed by atoms with Crippen LogP contribution in [0.4, 0.5) is 11.4 Å². The molecule has 1 N–H and O–H groups in total. The highest BCUT2D eigenvalue weighted by Gasteiger charge is 2.19. The topological polar surface area (TPSA) is 35.6 Å². The van der Waals surface area contributed by atoms with Crippen molar-refractivity contribution in [2.45, 2.75) is 19.3 Å². The summed E-state index contributed by atoms with van der Waals surface area (Å²) < 4.78 is 1.37. The third-order valence-corrected chi connectivity index (χ3v) is 6.85. The maximum absolute atomic E-state index is 11.6. The van der Waals surface area contributed by atoms with Crippen molar-refractivity contribution in [2.75, 3.05) is 42.9 Å². The van der Waals surface area contributed by atoms with E-state index in [9.17, 15) is 4.79 Å². The molecule has 4 nitrogen and oxygen atoms in total. The molecule has 2 aliphatic rings. The highest BCUT2D eigenvalue weighted by Crippen LogP contribution is 2.31. The van der Waals surface area contributed by atoms with Gasteiger partial charge in [0.05, 0.1) is 0 Å². The van der Waals surface area contributed by atoms with Crippen LogP contribution in [0.15, 0.2) is 47.8 Å². The Morgan fingerprint density at radius 3 is 2.79 bits per heavy atom. The van der Waals surface area contributed by atoms with E-state index in [0.717, 1.165) is 51.3 Å². The molecule has 3 aromatic rings. The highest BCUT2D eigenvalue weighted by atomic mass is 32.1. The Bertz CT molecular complexity index is 1000. The molecular formula is C23H25N3OS. The summed E-state index contributed by atoms with van der Waals surface area (Å²) >= 11 is 1.82. The normalized spacial score (nSPS) is 17.6. The lowest BCUT2D eigenvalue weighted by Gasteiger charge is -2.36. The van der Waals surface area contributed by atoms with Crippen LogP contribution < -0.4 is 10.2 Å². The number of benzene rings is 2. The van der Waals surface area contributed by atoms with Gasteiger partial charge in [0.1, 0.15) is 0 Å². The summed E-state index contributed by atoms with van der Waals surface area (Å²) in [7, 11) is 0. The van der Waals surface area contributed by atoms with Crippen molar-refractivity contribution in [1.29, 1.82) is 0 Å². The maximum Gasteiger partial charge on any atom is 0.224 e. The minimum Gasteiger partial charge on any atom is -0.368 e. The van der Waals surface area contributed by atoms with E-state index in [-0.39, 0.29) is 5.91 Å². The molecule has 5 heteroatoms. The van der Waals surface area contributed by atoms with Gasteiger partial charge in [-0.1, -0.05) is 18.2 Å². The van der Waals surface area contributed by atoms with E-state index in [1.54, 1.807) is 0 Å². The summed E-state index contributed by atoms with van der Waals surface area (Å²) in [5, 5.41) is 6.59. The molecule has 2 aromatic carbocycles. The summed E-state index contributed by atoms with van der Waals surface area (Å²) in [4.78, 5) is 16.7. The van der Waals surface area contributed by atoms with Crippen molar-refractivity contribution in [2.24, 2.45) is 0 Å². The maximum atomic E-state index is 11.6. The number of carbonyl (C=O) groups excluding carboxylic acids is 1. The Balaban J connectivity index is 1.19. The minimum absolute atomic E-state index is 0.140. The minimum atomic E-state index is 0.140. The lowest BCUT2D eigenvalue weighted by Crippen LogP contribution is -2.47. The van der Waals surface area contributed by atoms with Crippen LogP contribution >= 0.6 is 11.3 Å².